The minimum atomic E-state index is -4.14. The molecule has 0 saturated heterocycles. The van der Waals surface area contributed by atoms with Crippen molar-refractivity contribution in [3.63, 3.8) is 0 Å². The van der Waals surface area contributed by atoms with Crippen molar-refractivity contribution < 1.29 is 14.4 Å². The monoisotopic (exact) mass is 352 g/mol. The van der Waals surface area contributed by atoms with Crippen LogP contribution < -0.4 is 0 Å². The van der Waals surface area contributed by atoms with Crippen molar-refractivity contribution >= 4 is 39.9 Å². The fourth-order valence-corrected chi connectivity index (χ4v) is 4.70. The second-order valence-electron chi connectivity index (χ2n) is 6.80. The van der Waals surface area contributed by atoms with Crippen LogP contribution in [-0.2, 0) is 17.1 Å². The molecule has 0 heterocycles. The molecule has 0 fully saturated rings. The lowest BCUT2D eigenvalue weighted by atomic mass is 9.88. The van der Waals surface area contributed by atoms with Gasteiger partial charge in [0.2, 0.25) is 0 Å². The predicted molar refractivity (Wildman–Crippen MR) is 105 cm³/mol. The Bertz CT molecular complexity index is 1090. The van der Waals surface area contributed by atoms with Gasteiger partial charge in [-0.3, -0.25) is 4.57 Å². The first-order chi connectivity index (χ1) is 12.0. The van der Waals surface area contributed by atoms with Gasteiger partial charge in [-0.2, -0.15) is 0 Å². The Hall–Kier alpha value is -1.93. The number of hydrogen-bond donors (Lipinski definition) is 2. The standard InChI is InChI=1S/C21H21O3P/c1-2-3-5-16-12-17-9-8-14-6-4-7-15-10-11-18(21(17)20(14)15)19(16)13-25(22,23)24/h4,6-12H,2-3,5,13H2,1H3,(H2,22,23,24). The molecule has 4 heteroatoms. The van der Waals surface area contributed by atoms with Crippen LogP contribution in [0.3, 0.4) is 0 Å². The third kappa shape index (κ3) is 2.93. The molecule has 0 amide bonds. The lowest BCUT2D eigenvalue weighted by Crippen LogP contribution is -1.99. The molecular weight excluding hydrogens is 331 g/mol. The fraction of sp³-hybridized carbons (Fsp3) is 0.238. The van der Waals surface area contributed by atoms with Crippen molar-refractivity contribution in [3.8, 4) is 0 Å². The van der Waals surface area contributed by atoms with Crippen molar-refractivity contribution in [1.29, 1.82) is 0 Å². The number of aryl methyl sites for hydroxylation is 1. The summed E-state index contributed by atoms with van der Waals surface area (Å²) in [5.74, 6) is 0. The van der Waals surface area contributed by atoms with Gasteiger partial charge < -0.3 is 9.79 Å². The zero-order valence-electron chi connectivity index (χ0n) is 14.2. The van der Waals surface area contributed by atoms with E-state index in [4.69, 9.17) is 0 Å². The quantitative estimate of drug-likeness (QED) is 0.363. The molecule has 0 aliphatic carbocycles. The van der Waals surface area contributed by atoms with Gasteiger partial charge in [0.15, 0.2) is 0 Å². The van der Waals surface area contributed by atoms with E-state index in [1.807, 2.05) is 12.1 Å². The van der Waals surface area contributed by atoms with Gasteiger partial charge in [-0.1, -0.05) is 61.9 Å². The lowest BCUT2D eigenvalue weighted by Gasteiger charge is -2.18. The van der Waals surface area contributed by atoms with Crippen LogP contribution in [0.1, 0.15) is 30.9 Å². The lowest BCUT2D eigenvalue weighted by molar-refractivity contribution is 0.371. The predicted octanol–water partition coefficient (Wildman–Crippen LogP) is 5.60. The van der Waals surface area contributed by atoms with Gasteiger partial charge in [0.1, 0.15) is 0 Å². The van der Waals surface area contributed by atoms with E-state index in [1.54, 1.807) is 0 Å². The molecule has 0 spiro atoms. The summed E-state index contributed by atoms with van der Waals surface area (Å²) in [5, 5.41) is 6.78. The Morgan fingerprint density at radius 3 is 2.28 bits per heavy atom. The van der Waals surface area contributed by atoms with E-state index >= 15 is 0 Å². The summed E-state index contributed by atoms with van der Waals surface area (Å²) >= 11 is 0. The van der Waals surface area contributed by atoms with Crippen LogP contribution in [0.15, 0.2) is 48.5 Å². The van der Waals surface area contributed by atoms with Crippen LogP contribution in [-0.4, -0.2) is 9.79 Å². The van der Waals surface area contributed by atoms with Gasteiger partial charge in [-0.15, -0.1) is 0 Å². The molecule has 2 N–H and O–H groups in total. The zero-order valence-corrected chi connectivity index (χ0v) is 15.1. The fourth-order valence-electron chi connectivity index (χ4n) is 3.91. The van der Waals surface area contributed by atoms with Crippen molar-refractivity contribution in [3.05, 3.63) is 59.7 Å². The van der Waals surface area contributed by atoms with Crippen molar-refractivity contribution in [2.24, 2.45) is 0 Å². The molecule has 0 aliphatic rings. The summed E-state index contributed by atoms with van der Waals surface area (Å²) in [6, 6.07) is 16.7. The molecule has 0 aliphatic heterocycles. The minimum absolute atomic E-state index is 0.194. The molecule has 128 valence electrons. The highest BCUT2D eigenvalue weighted by Gasteiger charge is 2.21. The van der Waals surface area contributed by atoms with E-state index < -0.39 is 7.60 Å². The number of benzene rings is 4. The molecule has 0 saturated carbocycles. The van der Waals surface area contributed by atoms with Crippen LogP contribution in [0.25, 0.3) is 32.3 Å². The molecule has 0 bridgehead atoms. The van der Waals surface area contributed by atoms with Gasteiger partial charge in [-0.25, -0.2) is 0 Å². The summed E-state index contributed by atoms with van der Waals surface area (Å²) < 4.78 is 11.8. The second kappa shape index (κ2) is 6.10. The second-order valence-corrected chi connectivity index (χ2v) is 8.44. The molecule has 4 rings (SSSR count). The summed E-state index contributed by atoms with van der Waals surface area (Å²) in [6.45, 7) is 2.13. The van der Waals surface area contributed by atoms with E-state index in [0.717, 1.165) is 46.5 Å². The highest BCUT2D eigenvalue weighted by Crippen LogP contribution is 2.45. The molecule has 0 unspecified atom stereocenters. The maximum atomic E-state index is 11.8. The summed E-state index contributed by atoms with van der Waals surface area (Å²) in [5.41, 5.74) is 1.88. The Morgan fingerprint density at radius 2 is 1.60 bits per heavy atom. The number of unbranched alkanes of at least 4 members (excludes halogenated alkanes) is 1. The van der Waals surface area contributed by atoms with Crippen molar-refractivity contribution in [1.82, 2.24) is 0 Å². The average molecular weight is 352 g/mol. The summed E-state index contributed by atoms with van der Waals surface area (Å²) in [6.07, 6.45) is 2.73. The van der Waals surface area contributed by atoms with Crippen LogP contribution in [0.4, 0.5) is 0 Å². The third-order valence-corrected chi connectivity index (χ3v) is 5.74. The van der Waals surface area contributed by atoms with E-state index in [9.17, 15) is 14.4 Å². The third-order valence-electron chi connectivity index (χ3n) is 5.02. The largest absolute Gasteiger partial charge is 0.329 e. The molecule has 4 aromatic carbocycles. The maximum Gasteiger partial charge on any atom is 0.329 e. The van der Waals surface area contributed by atoms with Crippen LogP contribution >= 0.6 is 7.60 Å². The summed E-state index contributed by atoms with van der Waals surface area (Å²) in [4.78, 5) is 19.3. The van der Waals surface area contributed by atoms with Gasteiger partial charge in [0.25, 0.3) is 0 Å². The van der Waals surface area contributed by atoms with Crippen molar-refractivity contribution in [2.45, 2.75) is 32.3 Å². The highest BCUT2D eigenvalue weighted by atomic mass is 31.2. The van der Waals surface area contributed by atoms with E-state index in [-0.39, 0.29) is 6.16 Å². The van der Waals surface area contributed by atoms with E-state index in [0.29, 0.717) is 0 Å². The van der Waals surface area contributed by atoms with Crippen LogP contribution in [0.2, 0.25) is 0 Å². The zero-order chi connectivity index (χ0) is 17.6. The van der Waals surface area contributed by atoms with Crippen LogP contribution in [0.5, 0.6) is 0 Å². The van der Waals surface area contributed by atoms with Gasteiger partial charge >= 0.3 is 7.60 Å². The first kappa shape index (κ1) is 16.5. The Morgan fingerprint density at radius 1 is 0.920 bits per heavy atom. The maximum absolute atomic E-state index is 11.8. The topological polar surface area (TPSA) is 57.5 Å². The molecule has 25 heavy (non-hydrogen) atoms. The van der Waals surface area contributed by atoms with Gasteiger partial charge in [0, 0.05) is 0 Å². The highest BCUT2D eigenvalue weighted by molar-refractivity contribution is 7.50. The van der Waals surface area contributed by atoms with Gasteiger partial charge in [-0.05, 0) is 56.3 Å². The molecular formula is C21H21O3P. The van der Waals surface area contributed by atoms with E-state index in [1.165, 1.54) is 16.2 Å². The van der Waals surface area contributed by atoms with Crippen LogP contribution in [0, 0.1) is 0 Å². The molecule has 3 nitrogen and oxygen atoms in total. The summed E-state index contributed by atoms with van der Waals surface area (Å²) in [7, 11) is -4.14. The SMILES string of the molecule is CCCCc1cc2ccc3cccc4ccc(c1CP(=O)(O)O)c2c34. The van der Waals surface area contributed by atoms with E-state index in [2.05, 4.69) is 43.3 Å². The molecule has 0 atom stereocenters. The molecule has 4 aromatic rings. The first-order valence-corrected chi connectivity index (χ1v) is 10.5. The Labute approximate surface area is 146 Å². The van der Waals surface area contributed by atoms with Crippen molar-refractivity contribution in [2.75, 3.05) is 0 Å². The molecule has 0 radical (unpaired) electrons. The van der Waals surface area contributed by atoms with Gasteiger partial charge in [0.05, 0.1) is 6.16 Å². The minimum Gasteiger partial charge on any atom is -0.324 e. The normalized spacial score (nSPS) is 12.6. The smallest absolute Gasteiger partial charge is 0.324 e. The Kier molecular flexibility index (Phi) is 4.04. The molecule has 0 aromatic heterocycles. The number of rotatable bonds is 5. The average Bonchev–Trinajstić information content (AvgIpc) is 2.58. The Balaban J connectivity index is 2.11. The number of hydrogen-bond acceptors (Lipinski definition) is 1. The first-order valence-electron chi connectivity index (χ1n) is 8.71.